The molecule has 86 valence electrons. The van der Waals surface area contributed by atoms with Crippen molar-refractivity contribution in [2.75, 3.05) is 18.4 Å². The first-order valence-electron chi connectivity index (χ1n) is 4.70. The lowest BCUT2D eigenvalue weighted by Gasteiger charge is -2.14. The van der Waals surface area contributed by atoms with Gasteiger partial charge in [0, 0.05) is 13.2 Å². The molecule has 0 heterocycles. The first-order valence-corrected chi connectivity index (χ1v) is 6.88. The van der Waals surface area contributed by atoms with Crippen molar-refractivity contribution in [2.24, 2.45) is 5.92 Å². The van der Waals surface area contributed by atoms with E-state index in [9.17, 15) is 8.42 Å². The third-order valence-corrected chi connectivity index (χ3v) is 3.73. The summed E-state index contributed by atoms with van der Waals surface area (Å²) in [5, 5.41) is 8.33. The minimum absolute atomic E-state index is 0.0905. The number of nitrogens with one attached hydrogen (secondary N) is 1. The van der Waals surface area contributed by atoms with Gasteiger partial charge in [0.15, 0.2) is 0 Å². The molecule has 0 aliphatic heterocycles. The van der Waals surface area contributed by atoms with Gasteiger partial charge in [-0.1, -0.05) is 13.3 Å². The monoisotopic (exact) mass is 243 g/mol. The molecule has 0 aromatic carbocycles. The van der Waals surface area contributed by atoms with E-state index in [0.29, 0.717) is 13.0 Å². The molecule has 0 aromatic rings. The molecule has 0 radical (unpaired) electrons. The van der Waals surface area contributed by atoms with Crippen LogP contribution in [0.3, 0.4) is 0 Å². The van der Waals surface area contributed by atoms with Gasteiger partial charge in [0.2, 0.25) is 10.0 Å². The van der Waals surface area contributed by atoms with Crippen LogP contribution in [0.25, 0.3) is 0 Å². The van der Waals surface area contributed by atoms with Gasteiger partial charge in [0.1, 0.15) is 5.21 Å². The zero-order valence-corrected chi connectivity index (χ0v) is 9.94. The summed E-state index contributed by atoms with van der Waals surface area (Å²) in [6.45, 7) is 2.48. The Hall–Kier alpha value is 0.160. The number of halogens is 1. The summed E-state index contributed by atoms with van der Waals surface area (Å²) in [4.78, 5) is 0. The molecule has 0 rings (SSSR count). The molecule has 1 unspecified atom stereocenters. The van der Waals surface area contributed by atoms with E-state index in [1.54, 1.807) is 0 Å². The van der Waals surface area contributed by atoms with Crippen molar-refractivity contribution in [2.45, 2.75) is 26.2 Å². The molecule has 0 saturated carbocycles. The molecule has 0 aliphatic carbocycles. The average Bonchev–Trinajstić information content (AvgIpc) is 2.15. The van der Waals surface area contributed by atoms with Gasteiger partial charge in [-0.15, -0.1) is 11.6 Å². The standard InChI is InChI=1S/C8H18ClNO3S/c1-2-3-8(4-5-11)6-10-14(12,13)7-9/h8,10-11H,2-7H2,1H3. The second kappa shape index (κ2) is 7.45. The second-order valence-electron chi connectivity index (χ2n) is 3.24. The number of hydrogen-bond acceptors (Lipinski definition) is 3. The summed E-state index contributed by atoms with van der Waals surface area (Å²) in [6.07, 6.45) is 2.51. The maximum Gasteiger partial charge on any atom is 0.225 e. The van der Waals surface area contributed by atoms with Gasteiger partial charge < -0.3 is 5.11 Å². The zero-order chi connectivity index (χ0) is 11.0. The Bertz CT molecular complexity index is 225. The molecule has 14 heavy (non-hydrogen) atoms. The van der Waals surface area contributed by atoms with Gasteiger partial charge in [0.05, 0.1) is 0 Å². The molecule has 6 heteroatoms. The maximum atomic E-state index is 11.0. The van der Waals surface area contributed by atoms with Crippen LogP contribution in [0.1, 0.15) is 26.2 Å². The molecule has 0 spiro atoms. The van der Waals surface area contributed by atoms with Crippen LogP contribution in [0.2, 0.25) is 0 Å². The molecule has 0 aromatic heterocycles. The maximum absolute atomic E-state index is 11.0. The molecule has 0 bridgehead atoms. The Morgan fingerprint density at radius 3 is 2.50 bits per heavy atom. The van der Waals surface area contributed by atoms with E-state index >= 15 is 0 Å². The quantitative estimate of drug-likeness (QED) is 0.623. The number of aliphatic hydroxyl groups excluding tert-OH is 1. The lowest BCUT2D eigenvalue weighted by Crippen LogP contribution is -2.30. The fraction of sp³-hybridized carbons (Fsp3) is 1.00. The van der Waals surface area contributed by atoms with Crippen molar-refractivity contribution in [3.05, 3.63) is 0 Å². The lowest BCUT2D eigenvalue weighted by molar-refractivity contribution is 0.251. The average molecular weight is 244 g/mol. The molecule has 0 saturated heterocycles. The number of sulfonamides is 1. The van der Waals surface area contributed by atoms with Gasteiger partial charge >= 0.3 is 0 Å². The van der Waals surface area contributed by atoms with E-state index in [2.05, 4.69) is 4.72 Å². The number of alkyl halides is 1. The molecular formula is C8H18ClNO3S. The predicted octanol–water partition coefficient (Wildman–Crippen LogP) is 0.901. The van der Waals surface area contributed by atoms with Crippen molar-refractivity contribution in [1.82, 2.24) is 4.72 Å². The van der Waals surface area contributed by atoms with E-state index in [1.165, 1.54) is 0 Å². The van der Waals surface area contributed by atoms with E-state index in [0.717, 1.165) is 12.8 Å². The van der Waals surface area contributed by atoms with Crippen molar-refractivity contribution in [3.8, 4) is 0 Å². The Balaban J connectivity index is 3.92. The molecule has 2 N–H and O–H groups in total. The number of hydrogen-bond donors (Lipinski definition) is 2. The number of aliphatic hydroxyl groups is 1. The summed E-state index contributed by atoms with van der Waals surface area (Å²) in [5.74, 6) is 0.197. The van der Waals surface area contributed by atoms with Crippen LogP contribution >= 0.6 is 11.6 Å². The summed E-state index contributed by atoms with van der Waals surface area (Å²) >= 11 is 5.23. The zero-order valence-electron chi connectivity index (χ0n) is 8.37. The minimum Gasteiger partial charge on any atom is -0.396 e. The fourth-order valence-corrected chi connectivity index (χ4v) is 2.02. The molecule has 0 amide bonds. The Morgan fingerprint density at radius 1 is 1.43 bits per heavy atom. The Morgan fingerprint density at radius 2 is 2.07 bits per heavy atom. The van der Waals surface area contributed by atoms with Crippen molar-refractivity contribution >= 4 is 21.6 Å². The van der Waals surface area contributed by atoms with Crippen LogP contribution in [0.4, 0.5) is 0 Å². The van der Waals surface area contributed by atoms with E-state index in [-0.39, 0.29) is 12.5 Å². The topological polar surface area (TPSA) is 66.4 Å². The van der Waals surface area contributed by atoms with Crippen LogP contribution in [0.5, 0.6) is 0 Å². The van der Waals surface area contributed by atoms with Gasteiger partial charge in [-0.25, -0.2) is 13.1 Å². The molecular weight excluding hydrogens is 226 g/mol. The summed E-state index contributed by atoms with van der Waals surface area (Å²) < 4.78 is 24.4. The molecule has 1 atom stereocenters. The second-order valence-corrected chi connectivity index (χ2v) is 5.63. The SMILES string of the molecule is CCCC(CCO)CNS(=O)(=O)CCl. The first-order chi connectivity index (χ1) is 6.55. The lowest BCUT2D eigenvalue weighted by atomic mass is 10.0. The minimum atomic E-state index is -3.32. The normalized spacial score (nSPS) is 14.2. The third kappa shape index (κ3) is 6.59. The van der Waals surface area contributed by atoms with Crippen molar-refractivity contribution in [1.29, 1.82) is 0 Å². The van der Waals surface area contributed by atoms with Gasteiger partial charge in [-0.2, -0.15) is 0 Å². The predicted molar refractivity (Wildman–Crippen MR) is 57.7 cm³/mol. The largest absolute Gasteiger partial charge is 0.396 e. The third-order valence-electron chi connectivity index (χ3n) is 1.97. The number of rotatable bonds is 8. The van der Waals surface area contributed by atoms with E-state index in [1.807, 2.05) is 6.92 Å². The van der Waals surface area contributed by atoms with Crippen LogP contribution in [-0.2, 0) is 10.0 Å². The molecule has 4 nitrogen and oxygen atoms in total. The molecule has 0 aliphatic rings. The summed E-state index contributed by atoms with van der Waals surface area (Å²) in [7, 11) is -3.32. The highest BCUT2D eigenvalue weighted by Crippen LogP contribution is 2.09. The van der Waals surface area contributed by atoms with Crippen molar-refractivity contribution < 1.29 is 13.5 Å². The van der Waals surface area contributed by atoms with E-state index < -0.39 is 15.2 Å². The van der Waals surface area contributed by atoms with Crippen LogP contribution in [0, 0.1) is 5.92 Å². The molecule has 0 fully saturated rings. The van der Waals surface area contributed by atoms with Gasteiger partial charge in [-0.05, 0) is 18.8 Å². The highest BCUT2D eigenvalue weighted by Gasteiger charge is 2.12. The van der Waals surface area contributed by atoms with E-state index in [4.69, 9.17) is 16.7 Å². The smallest absolute Gasteiger partial charge is 0.225 e. The fourth-order valence-electron chi connectivity index (χ4n) is 1.22. The Labute approximate surface area is 90.7 Å². The van der Waals surface area contributed by atoms with Crippen molar-refractivity contribution in [3.63, 3.8) is 0 Å². The first kappa shape index (κ1) is 14.2. The van der Waals surface area contributed by atoms with Gasteiger partial charge in [0.25, 0.3) is 0 Å². The summed E-state index contributed by atoms with van der Waals surface area (Å²) in [6, 6.07) is 0. The Kier molecular flexibility index (Phi) is 7.54. The van der Waals surface area contributed by atoms with Crippen LogP contribution in [0.15, 0.2) is 0 Å². The summed E-state index contributed by atoms with van der Waals surface area (Å²) in [5.41, 5.74) is 0. The van der Waals surface area contributed by atoms with Gasteiger partial charge in [-0.3, -0.25) is 0 Å². The highest BCUT2D eigenvalue weighted by molar-refractivity contribution is 7.90. The highest BCUT2D eigenvalue weighted by atomic mass is 35.5. The van der Waals surface area contributed by atoms with Crippen LogP contribution < -0.4 is 4.72 Å². The van der Waals surface area contributed by atoms with Crippen LogP contribution in [-0.4, -0.2) is 31.9 Å².